The van der Waals surface area contributed by atoms with Crippen molar-refractivity contribution >= 4 is 15.7 Å². The molecule has 2 N–H and O–H groups in total. The Kier molecular flexibility index (Phi) is 4.60. The fourth-order valence-corrected chi connectivity index (χ4v) is 3.92. The van der Waals surface area contributed by atoms with E-state index in [0.717, 1.165) is 6.42 Å². The largest absolute Gasteiger partial charge is 0.326 e. The van der Waals surface area contributed by atoms with Crippen LogP contribution in [-0.2, 0) is 15.8 Å². The number of nitrogens with zero attached hydrogens (tertiary/aromatic N) is 2. The predicted molar refractivity (Wildman–Crippen MR) is 79.0 cm³/mol. The fourth-order valence-electron chi connectivity index (χ4n) is 2.34. The summed E-state index contributed by atoms with van der Waals surface area (Å²) >= 11 is 0. The lowest BCUT2D eigenvalue weighted by Gasteiger charge is -2.34. The number of rotatable bonds is 4. The van der Waals surface area contributed by atoms with Gasteiger partial charge in [-0.2, -0.15) is 0 Å². The van der Waals surface area contributed by atoms with Gasteiger partial charge in [0.15, 0.2) is 0 Å². The standard InChI is InChI=1S/C13H19N3O4S/c1-10-6-7-15(8-13(10)14)21(19,20)9-11-2-4-12(5-3-11)16(17)18/h2-5,10,13H,6-9,14H2,1H3. The van der Waals surface area contributed by atoms with Crippen molar-refractivity contribution < 1.29 is 13.3 Å². The molecule has 1 fully saturated rings. The van der Waals surface area contributed by atoms with E-state index in [9.17, 15) is 18.5 Å². The van der Waals surface area contributed by atoms with Gasteiger partial charge in [-0.05, 0) is 17.9 Å². The molecule has 2 atom stereocenters. The number of sulfonamides is 1. The summed E-state index contributed by atoms with van der Waals surface area (Å²) in [6.45, 7) is 2.83. The molecule has 0 bridgehead atoms. The molecule has 2 unspecified atom stereocenters. The van der Waals surface area contributed by atoms with Gasteiger partial charge in [-0.3, -0.25) is 10.1 Å². The van der Waals surface area contributed by atoms with E-state index in [1.165, 1.54) is 28.6 Å². The zero-order chi connectivity index (χ0) is 15.6. The van der Waals surface area contributed by atoms with Crippen molar-refractivity contribution in [2.45, 2.75) is 25.1 Å². The van der Waals surface area contributed by atoms with Crippen LogP contribution in [0, 0.1) is 16.0 Å². The molecule has 116 valence electrons. The van der Waals surface area contributed by atoms with E-state index >= 15 is 0 Å². The van der Waals surface area contributed by atoms with Crippen LogP contribution in [0.3, 0.4) is 0 Å². The SMILES string of the molecule is CC1CCN(S(=O)(=O)Cc2ccc([N+](=O)[O-])cc2)CC1N. The number of nitro groups is 1. The summed E-state index contributed by atoms with van der Waals surface area (Å²) < 4.78 is 26.1. The highest BCUT2D eigenvalue weighted by molar-refractivity contribution is 7.88. The molecule has 1 aliphatic heterocycles. The van der Waals surface area contributed by atoms with Crippen LogP contribution in [0.1, 0.15) is 18.9 Å². The first-order valence-electron chi connectivity index (χ1n) is 6.76. The highest BCUT2D eigenvalue weighted by Crippen LogP contribution is 2.21. The van der Waals surface area contributed by atoms with Gasteiger partial charge in [-0.25, -0.2) is 12.7 Å². The van der Waals surface area contributed by atoms with E-state index in [0.29, 0.717) is 24.6 Å². The molecule has 1 heterocycles. The third-order valence-electron chi connectivity index (χ3n) is 3.87. The maximum atomic E-state index is 12.4. The summed E-state index contributed by atoms with van der Waals surface area (Å²) in [4.78, 5) is 10.1. The zero-order valence-electron chi connectivity index (χ0n) is 11.8. The zero-order valence-corrected chi connectivity index (χ0v) is 12.6. The average molecular weight is 313 g/mol. The van der Waals surface area contributed by atoms with Crippen LogP contribution >= 0.6 is 0 Å². The Balaban J connectivity index is 2.08. The fraction of sp³-hybridized carbons (Fsp3) is 0.538. The van der Waals surface area contributed by atoms with E-state index in [1.54, 1.807) is 0 Å². The molecule has 0 aromatic heterocycles. The average Bonchev–Trinajstić information content (AvgIpc) is 2.42. The summed E-state index contributed by atoms with van der Waals surface area (Å²) in [6, 6.07) is 5.43. The number of benzene rings is 1. The lowest BCUT2D eigenvalue weighted by molar-refractivity contribution is -0.384. The molecule has 1 saturated heterocycles. The Morgan fingerprint density at radius 2 is 2.00 bits per heavy atom. The molecule has 0 amide bonds. The molecule has 1 aromatic rings. The second kappa shape index (κ2) is 6.08. The molecule has 21 heavy (non-hydrogen) atoms. The van der Waals surface area contributed by atoms with Crippen LogP contribution in [0.25, 0.3) is 0 Å². The molecule has 0 radical (unpaired) electrons. The van der Waals surface area contributed by atoms with Crippen molar-refractivity contribution in [2.24, 2.45) is 11.7 Å². The maximum absolute atomic E-state index is 12.4. The minimum Gasteiger partial charge on any atom is -0.326 e. The molecular formula is C13H19N3O4S. The topological polar surface area (TPSA) is 107 Å². The summed E-state index contributed by atoms with van der Waals surface area (Å²) in [5, 5.41) is 10.6. The van der Waals surface area contributed by atoms with Gasteiger partial charge in [0.2, 0.25) is 10.0 Å². The number of hydrogen-bond donors (Lipinski definition) is 1. The third-order valence-corrected chi connectivity index (χ3v) is 5.69. The van der Waals surface area contributed by atoms with Crippen molar-refractivity contribution in [1.82, 2.24) is 4.31 Å². The number of non-ortho nitro benzene ring substituents is 1. The normalized spacial score (nSPS) is 23.9. The van der Waals surface area contributed by atoms with Gasteiger partial charge in [0.05, 0.1) is 10.7 Å². The van der Waals surface area contributed by atoms with Gasteiger partial charge in [-0.1, -0.05) is 19.1 Å². The first kappa shape index (κ1) is 15.9. The summed E-state index contributed by atoms with van der Waals surface area (Å²) in [6.07, 6.45) is 0.751. The lowest BCUT2D eigenvalue weighted by Crippen LogP contribution is -2.49. The Labute approximate surface area is 123 Å². The minimum atomic E-state index is -3.44. The Morgan fingerprint density at radius 1 is 1.38 bits per heavy atom. The Hall–Kier alpha value is -1.51. The number of hydrogen-bond acceptors (Lipinski definition) is 5. The molecular weight excluding hydrogens is 294 g/mol. The maximum Gasteiger partial charge on any atom is 0.269 e. The van der Waals surface area contributed by atoms with Crippen LogP contribution in [-0.4, -0.2) is 36.8 Å². The van der Waals surface area contributed by atoms with Gasteiger partial charge in [0.1, 0.15) is 0 Å². The van der Waals surface area contributed by atoms with Crippen molar-refractivity contribution in [1.29, 1.82) is 0 Å². The van der Waals surface area contributed by atoms with Gasteiger partial charge in [0.25, 0.3) is 5.69 Å². The van der Waals surface area contributed by atoms with Crippen LogP contribution in [0.15, 0.2) is 24.3 Å². The second-order valence-electron chi connectivity index (χ2n) is 5.47. The predicted octanol–water partition coefficient (Wildman–Crippen LogP) is 1.09. The highest BCUT2D eigenvalue weighted by atomic mass is 32.2. The quantitative estimate of drug-likeness (QED) is 0.661. The first-order valence-corrected chi connectivity index (χ1v) is 8.37. The third kappa shape index (κ3) is 3.78. The molecule has 1 aliphatic rings. The van der Waals surface area contributed by atoms with Gasteiger partial charge >= 0.3 is 0 Å². The van der Waals surface area contributed by atoms with Crippen LogP contribution < -0.4 is 5.73 Å². The van der Waals surface area contributed by atoms with Crippen LogP contribution in [0.4, 0.5) is 5.69 Å². The van der Waals surface area contributed by atoms with E-state index in [1.807, 2.05) is 6.92 Å². The summed E-state index contributed by atoms with van der Waals surface area (Å²) in [5.41, 5.74) is 6.41. The lowest BCUT2D eigenvalue weighted by atomic mass is 9.96. The second-order valence-corrected chi connectivity index (χ2v) is 7.44. The molecule has 8 heteroatoms. The smallest absolute Gasteiger partial charge is 0.269 e. The van der Waals surface area contributed by atoms with Crippen molar-refractivity contribution in [3.05, 3.63) is 39.9 Å². The van der Waals surface area contributed by atoms with E-state index in [4.69, 9.17) is 5.73 Å². The van der Waals surface area contributed by atoms with Gasteiger partial charge in [0, 0.05) is 31.3 Å². The highest BCUT2D eigenvalue weighted by Gasteiger charge is 2.30. The molecule has 7 nitrogen and oxygen atoms in total. The minimum absolute atomic E-state index is 0.0510. The van der Waals surface area contributed by atoms with E-state index in [-0.39, 0.29) is 17.5 Å². The van der Waals surface area contributed by atoms with Gasteiger partial charge in [-0.15, -0.1) is 0 Å². The van der Waals surface area contributed by atoms with E-state index in [2.05, 4.69) is 0 Å². The molecule has 0 saturated carbocycles. The Morgan fingerprint density at radius 3 is 2.52 bits per heavy atom. The molecule has 2 rings (SSSR count). The van der Waals surface area contributed by atoms with Crippen LogP contribution in [0.2, 0.25) is 0 Å². The molecule has 0 aliphatic carbocycles. The number of piperidine rings is 1. The van der Waals surface area contributed by atoms with Gasteiger partial charge < -0.3 is 5.73 Å². The summed E-state index contributed by atoms with van der Waals surface area (Å²) in [7, 11) is -3.44. The van der Waals surface area contributed by atoms with Crippen molar-refractivity contribution in [3.63, 3.8) is 0 Å². The van der Waals surface area contributed by atoms with Crippen molar-refractivity contribution in [2.75, 3.05) is 13.1 Å². The Bertz CT molecular complexity index is 615. The summed E-state index contributed by atoms with van der Waals surface area (Å²) in [5.74, 6) is 0.155. The molecule has 0 spiro atoms. The monoisotopic (exact) mass is 313 g/mol. The van der Waals surface area contributed by atoms with E-state index < -0.39 is 14.9 Å². The molecule has 1 aromatic carbocycles. The van der Waals surface area contributed by atoms with Crippen molar-refractivity contribution in [3.8, 4) is 0 Å². The number of nitro benzene ring substituents is 1. The number of nitrogens with two attached hydrogens (primary N) is 1. The first-order chi connectivity index (χ1) is 9.79. The van der Waals surface area contributed by atoms with Crippen LogP contribution in [0.5, 0.6) is 0 Å².